The number of esters is 1. The minimum Gasteiger partial charge on any atom is -0.493 e. The monoisotopic (exact) mass is 407 g/mol. The Morgan fingerprint density at radius 1 is 1.25 bits per heavy atom. The van der Waals surface area contributed by atoms with Gasteiger partial charge >= 0.3 is 5.97 Å². The lowest BCUT2D eigenvalue weighted by molar-refractivity contribution is -0.146. The molecule has 0 unspecified atom stereocenters. The zero-order valence-electron chi connectivity index (χ0n) is 16.5. The van der Waals surface area contributed by atoms with Gasteiger partial charge in [0.15, 0.2) is 11.5 Å². The molecule has 2 rings (SSSR count). The highest BCUT2D eigenvalue weighted by Crippen LogP contribution is 2.34. The molecule has 0 spiro atoms. The Morgan fingerprint density at radius 3 is 2.64 bits per heavy atom. The van der Waals surface area contributed by atoms with Gasteiger partial charge in [-0.3, -0.25) is 19.3 Å². The number of amides is 2. The Balaban J connectivity index is 2.11. The number of nitrogens with zero attached hydrogens (tertiary/aromatic N) is 1. The van der Waals surface area contributed by atoms with E-state index in [4.69, 9.17) is 14.2 Å². The summed E-state index contributed by atoms with van der Waals surface area (Å²) in [4.78, 5) is 37.6. The first-order valence-electron chi connectivity index (χ1n) is 9.11. The van der Waals surface area contributed by atoms with Crippen molar-refractivity contribution >= 4 is 35.0 Å². The quantitative estimate of drug-likeness (QED) is 0.349. The van der Waals surface area contributed by atoms with Crippen molar-refractivity contribution < 1.29 is 28.6 Å². The minimum atomic E-state index is -0.589. The van der Waals surface area contributed by atoms with Crippen LogP contribution in [0.3, 0.4) is 0 Å². The van der Waals surface area contributed by atoms with E-state index in [0.29, 0.717) is 17.1 Å². The molecule has 0 aromatic heterocycles. The van der Waals surface area contributed by atoms with Crippen LogP contribution in [0, 0.1) is 0 Å². The summed E-state index contributed by atoms with van der Waals surface area (Å²) in [7, 11) is 1.53. The van der Waals surface area contributed by atoms with E-state index in [0.717, 1.165) is 29.5 Å². The third-order valence-electron chi connectivity index (χ3n) is 3.77. The van der Waals surface area contributed by atoms with Crippen molar-refractivity contribution in [2.75, 3.05) is 20.3 Å². The third kappa shape index (κ3) is 5.76. The summed E-state index contributed by atoms with van der Waals surface area (Å²) in [5, 5.41) is -0.490. The second-order valence-electron chi connectivity index (χ2n) is 6.42. The maximum Gasteiger partial charge on any atom is 0.326 e. The fraction of sp³-hybridized carbons (Fsp3) is 0.450. The van der Waals surface area contributed by atoms with Crippen LogP contribution in [0.25, 0.3) is 6.08 Å². The molecule has 0 aliphatic carbocycles. The summed E-state index contributed by atoms with van der Waals surface area (Å²) in [6, 6.07) is 5.25. The van der Waals surface area contributed by atoms with Crippen molar-refractivity contribution in [3.8, 4) is 11.5 Å². The van der Waals surface area contributed by atoms with Gasteiger partial charge in [-0.05, 0) is 55.8 Å². The lowest BCUT2D eigenvalue weighted by Gasteiger charge is -2.14. The number of ether oxygens (including phenoxy) is 3. The molecule has 8 heteroatoms. The molecule has 1 aliphatic rings. The molecule has 1 aromatic rings. The molecular weight excluding hydrogens is 382 g/mol. The number of carbonyl (C=O) groups excluding carboxylic acids is 3. The first-order chi connectivity index (χ1) is 13.3. The van der Waals surface area contributed by atoms with Gasteiger partial charge < -0.3 is 14.2 Å². The van der Waals surface area contributed by atoms with Crippen LogP contribution in [0.4, 0.5) is 4.79 Å². The van der Waals surface area contributed by atoms with E-state index in [9.17, 15) is 14.4 Å². The average Bonchev–Trinajstić information content (AvgIpc) is 2.90. The number of methoxy groups -OCH3 is 1. The molecule has 28 heavy (non-hydrogen) atoms. The lowest BCUT2D eigenvalue weighted by Crippen LogP contribution is -2.34. The summed E-state index contributed by atoms with van der Waals surface area (Å²) in [5.41, 5.74) is 0.684. The number of carbonyl (C=O) groups is 3. The van der Waals surface area contributed by atoms with Gasteiger partial charge in [-0.15, -0.1) is 0 Å². The normalized spacial score (nSPS) is 15.5. The SMILES string of the molecule is CCCCOC(=O)CN1C(=O)S/C(=C\c2ccc(OC(C)C)c(OC)c2)C1=O. The number of thioether (sulfide) groups is 1. The Bertz CT molecular complexity index is 774. The molecule has 0 bridgehead atoms. The van der Waals surface area contributed by atoms with Gasteiger partial charge in [0.25, 0.3) is 11.1 Å². The van der Waals surface area contributed by atoms with Crippen LogP contribution in [-0.4, -0.2) is 48.4 Å². The van der Waals surface area contributed by atoms with E-state index in [1.165, 1.54) is 7.11 Å². The Labute approximate surface area is 169 Å². The summed E-state index contributed by atoms with van der Waals surface area (Å²) < 4.78 is 16.0. The molecule has 152 valence electrons. The molecule has 1 aliphatic heterocycles. The molecule has 0 radical (unpaired) electrons. The van der Waals surface area contributed by atoms with Crippen molar-refractivity contribution in [1.82, 2.24) is 4.90 Å². The maximum atomic E-state index is 12.5. The second-order valence-corrected chi connectivity index (χ2v) is 7.41. The van der Waals surface area contributed by atoms with Crippen LogP contribution in [0.5, 0.6) is 11.5 Å². The average molecular weight is 407 g/mol. The van der Waals surface area contributed by atoms with Gasteiger partial charge in [-0.1, -0.05) is 19.4 Å². The van der Waals surface area contributed by atoms with Crippen molar-refractivity contribution in [1.29, 1.82) is 0 Å². The number of hydrogen-bond donors (Lipinski definition) is 0. The smallest absolute Gasteiger partial charge is 0.326 e. The van der Waals surface area contributed by atoms with Crippen LogP contribution < -0.4 is 9.47 Å². The van der Waals surface area contributed by atoms with Gasteiger partial charge in [0, 0.05) is 0 Å². The van der Waals surface area contributed by atoms with Gasteiger partial charge in [0.1, 0.15) is 6.54 Å². The highest BCUT2D eigenvalue weighted by molar-refractivity contribution is 8.18. The Hall–Kier alpha value is -2.48. The summed E-state index contributed by atoms with van der Waals surface area (Å²) in [6.07, 6.45) is 3.22. The van der Waals surface area contributed by atoms with Crippen LogP contribution in [0.2, 0.25) is 0 Å². The Kier molecular flexibility index (Phi) is 7.92. The zero-order valence-corrected chi connectivity index (χ0v) is 17.3. The van der Waals surface area contributed by atoms with E-state index < -0.39 is 17.1 Å². The lowest BCUT2D eigenvalue weighted by atomic mass is 10.2. The molecule has 2 amide bonds. The third-order valence-corrected chi connectivity index (χ3v) is 4.68. The largest absolute Gasteiger partial charge is 0.493 e. The minimum absolute atomic E-state index is 0.00617. The fourth-order valence-corrected chi connectivity index (χ4v) is 3.26. The van der Waals surface area contributed by atoms with Crippen molar-refractivity contribution in [3.63, 3.8) is 0 Å². The molecule has 1 aromatic carbocycles. The predicted octanol–water partition coefficient (Wildman–Crippen LogP) is 3.86. The van der Waals surface area contributed by atoms with Crippen LogP contribution in [0.1, 0.15) is 39.2 Å². The molecule has 0 saturated carbocycles. The highest BCUT2D eigenvalue weighted by atomic mass is 32.2. The maximum absolute atomic E-state index is 12.5. The molecule has 7 nitrogen and oxygen atoms in total. The predicted molar refractivity (Wildman–Crippen MR) is 107 cm³/mol. The summed E-state index contributed by atoms with van der Waals surface area (Å²) in [6.45, 7) is 5.71. The van der Waals surface area contributed by atoms with Crippen LogP contribution in [0.15, 0.2) is 23.1 Å². The summed E-state index contributed by atoms with van der Waals surface area (Å²) >= 11 is 0.794. The molecule has 1 saturated heterocycles. The van der Waals surface area contributed by atoms with Crippen LogP contribution in [-0.2, 0) is 14.3 Å². The van der Waals surface area contributed by atoms with E-state index in [1.807, 2.05) is 20.8 Å². The number of unbranched alkanes of at least 4 members (excludes halogenated alkanes) is 1. The number of benzene rings is 1. The van der Waals surface area contributed by atoms with Gasteiger partial charge in [0.05, 0.1) is 24.7 Å². The summed E-state index contributed by atoms with van der Waals surface area (Å²) in [5.74, 6) is 0.0246. The van der Waals surface area contributed by atoms with Gasteiger partial charge in [-0.25, -0.2) is 0 Å². The first kappa shape index (κ1) is 21.8. The highest BCUT2D eigenvalue weighted by Gasteiger charge is 2.36. The molecular formula is C20H25NO6S. The molecule has 0 atom stereocenters. The number of imide groups is 1. The molecule has 1 heterocycles. The zero-order chi connectivity index (χ0) is 20.7. The van der Waals surface area contributed by atoms with Crippen LogP contribution >= 0.6 is 11.8 Å². The molecule has 0 N–H and O–H groups in total. The van der Waals surface area contributed by atoms with Crippen molar-refractivity contribution in [2.45, 2.75) is 39.7 Å². The van der Waals surface area contributed by atoms with Gasteiger partial charge in [0.2, 0.25) is 0 Å². The van der Waals surface area contributed by atoms with Gasteiger partial charge in [-0.2, -0.15) is 0 Å². The van der Waals surface area contributed by atoms with E-state index in [-0.39, 0.29) is 24.2 Å². The fourth-order valence-electron chi connectivity index (χ4n) is 2.42. The number of rotatable bonds is 9. The Morgan fingerprint density at radius 2 is 2.00 bits per heavy atom. The van der Waals surface area contributed by atoms with E-state index >= 15 is 0 Å². The second kappa shape index (κ2) is 10.2. The van der Waals surface area contributed by atoms with E-state index in [1.54, 1.807) is 24.3 Å². The first-order valence-corrected chi connectivity index (χ1v) is 9.93. The van der Waals surface area contributed by atoms with E-state index in [2.05, 4.69) is 0 Å². The topological polar surface area (TPSA) is 82.1 Å². The standard InChI is InChI=1S/C20H25NO6S/c1-5-6-9-26-18(22)12-21-19(23)17(28-20(21)24)11-14-7-8-15(27-13(2)3)16(10-14)25-4/h7-8,10-11,13H,5-6,9,12H2,1-4H3/b17-11-. The molecule has 1 fully saturated rings. The number of hydrogen-bond acceptors (Lipinski definition) is 7. The van der Waals surface area contributed by atoms with Crippen molar-refractivity contribution in [3.05, 3.63) is 28.7 Å². The van der Waals surface area contributed by atoms with Crippen molar-refractivity contribution in [2.24, 2.45) is 0 Å².